The van der Waals surface area contributed by atoms with Crippen molar-refractivity contribution in [2.24, 2.45) is 0 Å². The summed E-state index contributed by atoms with van der Waals surface area (Å²) in [5, 5.41) is 0. The Kier molecular flexibility index (Phi) is 5.32. The molecule has 2 aliphatic rings. The molecule has 1 aromatic rings. The summed E-state index contributed by atoms with van der Waals surface area (Å²) < 4.78 is 16.6. The lowest BCUT2D eigenvalue weighted by molar-refractivity contribution is 0.0209. The van der Waals surface area contributed by atoms with E-state index in [1.165, 1.54) is 10.5 Å². The van der Waals surface area contributed by atoms with Gasteiger partial charge < -0.3 is 24.0 Å². The monoisotopic (exact) mass is 362 g/mol. The molecule has 0 bridgehead atoms. The lowest BCUT2D eigenvalue weighted by Gasteiger charge is -2.44. The number of benzene rings is 1. The minimum atomic E-state index is -0.255. The number of likely N-dealkylation sites (N-methyl/N-ethyl adjacent to an activating group) is 1. The molecular formula is C20H30N2O4. The van der Waals surface area contributed by atoms with E-state index in [4.69, 9.17) is 14.2 Å². The van der Waals surface area contributed by atoms with Gasteiger partial charge in [-0.05, 0) is 50.6 Å². The van der Waals surface area contributed by atoms with Crippen molar-refractivity contribution in [3.63, 3.8) is 0 Å². The largest absolute Gasteiger partial charge is 0.493 e. The van der Waals surface area contributed by atoms with Crippen LogP contribution in [0.25, 0.3) is 0 Å². The second-order valence-corrected chi connectivity index (χ2v) is 7.65. The zero-order chi connectivity index (χ0) is 18.9. The Balaban J connectivity index is 1.86. The highest BCUT2D eigenvalue weighted by Crippen LogP contribution is 2.50. The molecule has 1 amide bonds. The Hall–Kier alpha value is -1.95. The van der Waals surface area contributed by atoms with E-state index in [1.807, 2.05) is 6.07 Å². The number of hydrogen-bond acceptors (Lipinski definition) is 5. The fraction of sp³-hybridized carbons (Fsp3) is 0.650. The van der Waals surface area contributed by atoms with Crippen LogP contribution in [0.15, 0.2) is 18.2 Å². The van der Waals surface area contributed by atoms with Crippen molar-refractivity contribution in [1.82, 2.24) is 9.80 Å². The fourth-order valence-electron chi connectivity index (χ4n) is 4.58. The van der Waals surface area contributed by atoms with Gasteiger partial charge in [-0.2, -0.15) is 0 Å². The third-order valence-corrected chi connectivity index (χ3v) is 6.07. The summed E-state index contributed by atoms with van der Waals surface area (Å²) >= 11 is 0. The third kappa shape index (κ3) is 3.22. The molecule has 0 unspecified atom stereocenters. The van der Waals surface area contributed by atoms with Crippen molar-refractivity contribution in [3.05, 3.63) is 23.8 Å². The van der Waals surface area contributed by atoms with Crippen LogP contribution in [0.2, 0.25) is 0 Å². The van der Waals surface area contributed by atoms with Gasteiger partial charge >= 0.3 is 6.09 Å². The molecule has 6 heteroatoms. The molecule has 0 radical (unpaired) electrons. The summed E-state index contributed by atoms with van der Waals surface area (Å²) in [7, 11) is 8.95. The molecule has 0 spiro atoms. The fourth-order valence-corrected chi connectivity index (χ4v) is 4.58. The highest BCUT2D eigenvalue weighted by molar-refractivity contribution is 5.67. The maximum absolute atomic E-state index is 11.9. The van der Waals surface area contributed by atoms with E-state index in [0.717, 1.165) is 43.7 Å². The van der Waals surface area contributed by atoms with Crippen molar-refractivity contribution in [1.29, 1.82) is 0 Å². The number of likely N-dealkylation sites (tertiary alicyclic amines) is 1. The van der Waals surface area contributed by atoms with Crippen LogP contribution >= 0.6 is 0 Å². The summed E-state index contributed by atoms with van der Waals surface area (Å²) in [6.45, 7) is 1.05. The first kappa shape index (κ1) is 18.8. The minimum Gasteiger partial charge on any atom is -0.493 e. The Morgan fingerprint density at radius 3 is 2.58 bits per heavy atom. The van der Waals surface area contributed by atoms with Crippen LogP contribution in [-0.4, -0.2) is 69.9 Å². The SMILES string of the molecule is COc1ccc([C@@]23CC[C@H](OC(=O)N(C)C)C[C@@H]2N(C)CC3)cc1OC. The first-order valence-corrected chi connectivity index (χ1v) is 9.22. The Morgan fingerprint density at radius 1 is 1.19 bits per heavy atom. The summed E-state index contributed by atoms with van der Waals surface area (Å²) in [6, 6.07) is 6.64. The standard InChI is InChI=1S/C20H30N2O4/c1-21(2)19(23)26-15-8-9-20(10-11-22(3)18(20)13-15)14-6-7-16(24-4)17(12-14)25-5/h6-7,12,15,18H,8-11,13H2,1-5H3/t15-,18-,20-/m0/s1. The number of rotatable bonds is 4. The second kappa shape index (κ2) is 7.35. The maximum Gasteiger partial charge on any atom is 0.409 e. The highest BCUT2D eigenvalue weighted by atomic mass is 16.6. The first-order valence-electron chi connectivity index (χ1n) is 9.22. The van der Waals surface area contributed by atoms with Gasteiger partial charge in [0, 0.05) is 32.0 Å². The van der Waals surface area contributed by atoms with Crippen molar-refractivity contribution < 1.29 is 19.0 Å². The molecule has 1 aromatic carbocycles. The molecule has 6 nitrogen and oxygen atoms in total. The third-order valence-electron chi connectivity index (χ3n) is 6.07. The molecule has 26 heavy (non-hydrogen) atoms. The van der Waals surface area contributed by atoms with Crippen LogP contribution in [0.4, 0.5) is 4.79 Å². The van der Waals surface area contributed by atoms with Crippen molar-refractivity contribution in [2.75, 3.05) is 41.9 Å². The van der Waals surface area contributed by atoms with Crippen LogP contribution in [0.5, 0.6) is 11.5 Å². The Bertz CT molecular complexity index is 663. The summed E-state index contributed by atoms with van der Waals surface area (Å²) in [5.41, 5.74) is 1.37. The molecule has 1 aliphatic carbocycles. The molecule has 0 aromatic heterocycles. The number of fused-ring (bicyclic) bond motifs is 1. The van der Waals surface area contributed by atoms with Crippen LogP contribution in [-0.2, 0) is 10.2 Å². The zero-order valence-corrected chi connectivity index (χ0v) is 16.4. The molecule has 1 saturated heterocycles. The van der Waals surface area contributed by atoms with Gasteiger partial charge in [-0.25, -0.2) is 4.79 Å². The number of methoxy groups -OCH3 is 2. The molecule has 1 heterocycles. The lowest BCUT2D eigenvalue weighted by atomic mass is 9.65. The average Bonchev–Trinajstić information content (AvgIpc) is 2.98. The summed E-state index contributed by atoms with van der Waals surface area (Å²) in [4.78, 5) is 15.9. The van der Waals surface area contributed by atoms with Gasteiger partial charge in [-0.3, -0.25) is 0 Å². The van der Waals surface area contributed by atoms with Gasteiger partial charge in [-0.15, -0.1) is 0 Å². The lowest BCUT2D eigenvalue weighted by Crippen LogP contribution is -2.48. The van der Waals surface area contributed by atoms with Crippen molar-refractivity contribution in [3.8, 4) is 11.5 Å². The van der Waals surface area contributed by atoms with E-state index in [-0.39, 0.29) is 17.6 Å². The summed E-state index contributed by atoms with van der Waals surface area (Å²) in [5.74, 6) is 1.53. The number of carbonyl (C=O) groups excluding carboxylic acids is 1. The predicted molar refractivity (Wildman–Crippen MR) is 100 cm³/mol. The number of ether oxygens (including phenoxy) is 3. The van der Waals surface area contributed by atoms with E-state index in [2.05, 4.69) is 24.1 Å². The van der Waals surface area contributed by atoms with Gasteiger partial charge in [0.2, 0.25) is 0 Å². The van der Waals surface area contributed by atoms with E-state index < -0.39 is 0 Å². The van der Waals surface area contributed by atoms with E-state index in [0.29, 0.717) is 6.04 Å². The van der Waals surface area contributed by atoms with Gasteiger partial charge in [0.1, 0.15) is 6.10 Å². The maximum atomic E-state index is 11.9. The summed E-state index contributed by atoms with van der Waals surface area (Å²) in [6.07, 6.45) is 3.58. The van der Waals surface area contributed by atoms with E-state index >= 15 is 0 Å². The molecule has 1 saturated carbocycles. The highest BCUT2D eigenvalue weighted by Gasteiger charge is 2.51. The average molecular weight is 362 g/mol. The van der Waals surface area contributed by atoms with Gasteiger partial charge in [-0.1, -0.05) is 6.07 Å². The number of hydrogen-bond donors (Lipinski definition) is 0. The molecule has 1 aliphatic heterocycles. The molecule has 2 fully saturated rings. The van der Waals surface area contributed by atoms with Gasteiger partial charge in [0.15, 0.2) is 11.5 Å². The zero-order valence-electron chi connectivity index (χ0n) is 16.4. The normalized spacial score (nSPS) is 28.3. The Morgan fingerprint density at radius 2 is 1.92 bits per heavy atom. The van der Waals surface area contributed by atoms with Crippen LogP contribution in [0.3, 0.4) is 0 Å². The van der Waals surface area contributed by atoms with Gasteiger partial charge in [0.05, 0.1) is 14.2 Å². The van der Waals surface area contributed by atoms with E-state index in [1.54, 1.807) is 28.3 Å². The molecule has 3 atom stereocenters. The van der Waals surface area contributed by atoms with Gasteiger partial charge in [0.25, 0.3) is 0 Å². The topological polar surface area (TPSA) is 51.2 Å². The second-order valence-electron chi connectivity index (χ2n) is 7.65. The van der Waals surface area contributed by atoms with E-state index in [9.17, 15) is 4.79 Å². The predicted octanol–water partition coefficient (Wildman–Crippen LogP) is 2.90. The molecular weight excluding hydrogens is 332 g/mol. The van der Waals surface area contributed by atoms with Crippen LogP contribution in [0, 0.1) is 0 Å². The molecule has 144 valence electrons. The van der Waals surface area contributed by atoms with Crippen LogP contribution < -0.4 is 9.47 Å². The smallest absolute Gasteiger partial charge is 0.409 e. The molecule has 3 rings (SSSR count). The minimum absolute atomic E-state index is 0.0243. The number of carbonyl (C=O) groups is 1. The number of nitrogens with zero attached hydrogens (tertiary/aromatic N) is 2. The Labute approximate surface area is 156 Å². The quantitative estimate of drug-likeness (QED) is 0.824. The number of amides is 1. The first-order chi connectivity index (χ1) is 12.4. The van der Waals surface area contributed by atoms with Crippen molar-refractivity contribution in [2.45, 2.75) is 43.2 Å². The molecule has 0 N–H and O–H groups in total. The van der Waals surface area contributed by atoms with Crippen LogP contribution in [0.1, 0.15) is 31.2 Å². The van der Waals surface area contributed by atoms with Crippen molar-refractivity contribution >= 4 is 6.09 Å².